The first-order valence-electron chi connectivity index (χ1n) is 7.90. The fourth-order valence-corrected chi connectivity index (χ4v) is 4.05. The highest BCUT2D eigenvalue weighted by Gasteiger charge is 2.48. The lowest BCUT2D eigenvalue weighted by Gasteiger charge is -2.54. The number of likely N-dealkylation sites (tertiary alicyclic amines) is 1. The normalized spacial score (nSPS) is 19.8. The number of piperidine rings is 1. The van der Waals surface area contributed by atoms with E-state index in [4.69, 9.17) is 23.1 Å². The van der Waals surface area contributed by atoms with Gasteiger partial charge in [0.1, 0.15) is 0 Å². The second kappa shape index (κ2) is 6.26. The van der Waals surface area contributed by atoms with Gasteiger partial charge in [-0.3, -0.25) is 9.59 Å². The maximum atomic E-state index is 12.8. The summed E-state index contributed by atoms with van der Waals surface area (Å²) in [4.78, 5) is 26.9. The van der Waals surface area contributed by atoms with Gasteiger partial charge in [0.15, 0.2) is 0 Å². The van der Waals surface area contributed by atoms with Crippen LogP contribution in [0.1, 0.15) is 40.5 Å². The molecular weight excluding hydrogens is 328 g/mol. The van der Waals surface area contributed by atoms with E-state index in [1.165, 1.54) is 6.07 Å². The van der Waals surface area contributed by atoms with Crippen LogP contribution in [0.2, 0.25) is 5.02 Å². The highest BCUT2D eigenvalue weighted by molar-refractivity contribution is 6.41. The number of nitrogens with two attached hydrogens (primary N) is 2. The van der Waals surface area contributed by atoms with E-state index in [9.17, 15) is 9.59 Å². The van der Waals surface area contributed by atoms with Crippen LogP contribution in [0.5, 0.6) is 0 Å². The van der Waals surface area contributed by atoms with Crippen LogP contribution in [-0.4, -0.2) is 33.8 Å². The predicted molar refractivity (Wildman–Crippen MR) is 96.7 cm³/mol. The number of hydrogen-bond donors (Lipinski definition) is 3. The third-order valence-electron chi connectivity index (χ3n) is 4.37. The lowest BCUT2D eigenvalue weighted by Crippen LogP contribution is -2.66. The molecule has 1 aliphatic rings. The van der Waals surface area contributed by atoms with E-state index in [2.05, 4.69) is 5.32 Å². The first kappa shape index (κ1) is 18.5. The maximum Gasteiger partial charge on any atom is 0.313 e. The fraction of sp³-hybridized carbons (Fsp3) is 0.529. The number of rotatable bonds is 1. The smallest absolute Gasteiger partial charge is 0.313 e. The van der Waals surface area contributed by atoms with Crippen molar-refractivity contribution in [1.82, 2.24) is 4.90 Å². The number of nitrogens with one attached hydrogen (secondary N) is 1. The molecule has 7 heteroatoms. The van der Waals surface area contributed by atoms with Gasteiger partial charge < -0.3 is 21.7 Å². The summed E-state index contributed by atoms with van der Waals surface area (Å²) in [5, 5.41) is 2.86. The molecule has 0 aromatic heterocycles. The van der Waals surface area contributed by atoms with Crippen LogP contribution < -0.4 is 16.8 Å². The van der Waals surface area contributed by atoms with Crippen molar-refractivity contribution in [2.45, 2.75) is 57.7 Å². The Morgan fingerprint density at radius 2 is 1.75 bits per heavy atom. The Hall–Kier alpha value is -1.79. The molecule has 0 spiro atoms. The minimum absolute atomic E-state index is 0.00588. The van der Waals surface area contributed by atoms with Crippen molar-refractivity contribution in [3.63, 3.8) is 0 Å². The van der Waals surface area contributed by atoms with E-state index in [0.29, 0.717) is 24.2 Å². The molecule has 24 heavy (non-hydrogen) atoms. The lowest BCUT2D eigenvalue weighted by atomic mass is 9.77. The second-order valence-electron chi connectivity index (χ2n) is 7.63. The van der Waals surface area contributed by atoms with Crippen molar-refractivity contribution >= 4 is 34.8 Å². The Bertz CT molecular complexity index is 655. The summed E-state index contributed by atoms with van der Waals surface area (Å²) in [5.41, 5.74) is 11.6. The summed E-state index contributed by atoms with van der Waals surface area (Å²) in [5.74, 6) is -1.32. The molecule has 1 aromatic rings. The summed E-state index contributed by atoms with van der Waals surface area (Å²) < 4.78 is 0. The molecule has 2 rings (SSSR count). The zero-order chi connectivity index (χ0) is 18.3. The molecule has 0 bridgehead atoms. The van der Waals surface area contributed by atoms with Gasteiger partial charge in [-0.15, -0.1) is 0 Å². The molecule has 1 fully saturated rings. The van der Waals surface area contributed by atoms with Crippen molar-refractivity contribution in [1.29, 1.82) is 0 Å². The van der Waals surface area contributed by atoms with Gasteiger partial charge in [0.25, 0.3) is 0 Å². The van der Waals surface area contributed by atoms with Gasteiger partial charge in [0.2, 0.25) is 0 Å². The van der Waals surface area contributed by atoms with E-state index < -0.39 is 22.9 Å². The molecule has 2 amide bonds. The third kappa shape index (κ3) is 3.65. The van der Waals surface area contributed by atoms with Crippen LogP contribution in [0.3, 0.4) is 0 Å². The number of anilines is 2. The van der Waals surface area contributed by atoms with Crippen molar-refractivity contribution in [2.75, 3.05) is 11.1 Å². The minimum Gasteiger partial charge on any atom is -0.399 e. The molecule has 0 aliphatic carbocycles. The largest absolute Gasteiger partial charge is 0.399 e. The summed E-state index contributed by atoms with van der Waals surface area (Å²) >= 11 is 6.06. The van der Waals surface area contributed by atoms with Crippen molar-refractivity contribution in [3.05, 3.63) is 23.2 Å². The maximum absolute atomic E-state index is 12.8. The molecule has 1 aliphatic heterocycles. The zero-order valence-corrected chi connectivity index (χ0v) is 15.3. The second-order valence-corrected chi connectivity index (χ2v) is 8.03. The van der Waals surface area contributed by atoms with Gasteiger partial charge in [-0.2, -0.15) is 0 Å². The highest BCUT2D eigenvalue weighted by atomic mass is 35.5. The predicted octanol–water partition coefficient (Wildman–Crippen LogP) is 2.37. The van der Waals surface area contributed by atoms with Gasteiger partial charge in [-0.1, -0.05) is 11.6 Å². The molecule has 1 saturated heterocycles. The number of nitrogen functional groups attached to an aromatic ring is 1. The van der Waals surface area contributed by atoms with Crippen LogP contribution in [0.25, 0.3) is 0 Å². The number of hydrogen-bond acceptors (Lipinski definition) is 4. The topological polar surface area (TPSA) is 101 Å². The Morgan fingerprint density at radius 3 is 2.25 bits per heavy atom. The van der Waals surface area contributed by atoms with Crippen LogP contribution in [-0.2, 0) is 9.59 Å². The van der Waals surface area contributed by atoms with Crippen LogP contribution in [0, 0.1) is 0 Å². The van der Waals surface area contributed by atoms with E-state index in [-0.39, 0.29) is 11.1 Å². The van der Waals surface area contributed by atoms with Gasteiger partial charge in [0, 0.05) is 22.8 Å². The molecule has 1 aromatic carbocycles. The molecule has 132 valence electrons. The van der Waals surface area contributed by atoms with Gasteiger partial charge in [-0.25, -0.2) is 0 Å². The third-order valence-corrected chi connectivity index (χ3v) is 4.69. The van der Waals surface area contributed by atoms with Crippen molar-refractivity contribution < 1.29 is 9.59 Å². The van der Waals surface area contributed by atoms with E-state index in [0.717, 1.165) is 0 Å². The highest BCUT2D eigenvalue weighted by Crippen LogP contribution is 2.38. The van der Waals surface area contributed by atoms with Gasteiger partial charge >= 0.3 is 11.8 Å². The molecule has 5 N–H and O–H groups in total. The lowest BCUT2D eigenvalue weighted by molar-refractivity contribution is -0.156. The Balaban J connectivity index is 2.24. The van der Waals surface area contributed by atoms with Crippen LogP contribution in [0.15, 0.2) is 18.2 Å². The van der Waals surface area contributed by atoms with E-state index in [1.54, 1.807) is 17.0 Å². The molecular formula is C17H25ClN4O2. The Kier molecular flexibility index (Phi) is 4.84. The first-order valence-corrected chi connectivity index (χ1v) is 8.28. The van der Waals surface area contributed by atoms with Crippen LogP contribution in [0.4, 0.5) is 11.4 Å². The number of halogens is 1. The quantitative estimate of drug-likeness (QED) is 0.533. The summed E-state index contributed by atoms with van der Waals surface area (Å²) in [7, 11) is 0. The van der Waals surface area contributed by atoms with Crippen LogP contribution >= 0.6 is 11.6 Å². The number of benzene rings is 1. The summed E-state index contributed by atoms with van der Waals surface area (Å²) in [6, 6.07) is 4.70. The molecule has 0 radical (unpaired) electrons. The van der Waals surface area contributed by atoms with Crippen molar-refractivity contribution in [2.24, 2.45) is 5.73 Å². The average Bonchev–Trinajstić information content (AvgIpc) is 2.38. The molecule has 0 saturated carbocycles. The van der Waals surface area contributed by atoms with Crippen molar-refractivity contribution in [3.8, 4) is 0 Å². The first-order chi connectivity index (χ1) is 10.9. The van der Waals surface area contributed by atoms with Gasteiger partial charge in [-0.05, 0) is 58.7 Å². The number of carbonyl (C=O) groups is 2. The standard InChI is InChI=1S/C17H25ClN4O2/c1-16(2)8-11(20)9-17(3,4)22(16)15(24)14(23)21-13-6-5-10(19)7-12(13)18/h5-7,11H,8-9,19-20H2,1-4H3,(H,21,23). The molecule has 0 atom stereocenters. The monoisotopic (exact) mass is 352 g/mol. The number of carbonyl (C=O) groups excluding carboxylic acids is 2. The Labute approximate surface area is 147 Å². The van der Waals surface area contributed by atoms with E-state index >= 15 is 0 Å². The average molecular weight is 353 g/mol. The fourth-order valence-electron chi connectivity index (χ4n) is 3.82. The van der Waals surface area contributed by atoms with E-state index in [1.807, 2.05) is 27.7 Å². The Morgan fingerprint density at radius 1 is 1.21 bits per heavy atom. The number of amides is 2. The molecule has 6 nitrogen and oxygen atoms in total. The SMILES string of the molecule is CC1(C)CC(N)CC(C)(C)N1C(=O)C(=O)Nc1ccc(N)cc1Cl. The minimum atomic E-state index is -0.724. The zero-order valence-electron chi connectivity index (χ0n) is 14.5. The van der Waals surface area contributed by atoms with Gasteiger partial charge in [0.05, 0.1) is 10.7 Å². The molecule has 0 unspecified atom stereocenters. The summed E-state index contributed by atoms with van der Waals surface area (Å²) in [6.07, 6.45) is 1.27. The molecule has 1 heterocycles. The number of nitrogens with zero attached hydrogens (tertiary/aromatic N) is 1. The summed E-state index contributed by atoms with van der Waals surface area (Å²) in [6.45, 7) is 7.70.